The van der Waals surface area contributed by atoms with E-state index in [4.69, 9.17) is 21.3 Å². The molecular formula is C29H32ClFN6O5S. The van der Waals surface area contributed by atoms with E-state index in [0.717, 1.165) is 0 Å². The zero-order valence-electron chi connectivity index (χ0n) is 23.5. The molecule has 0 unspecified atom stereocenters. The predicted molar refractivity (Wildman–Crippen MR) is 157 cm³/mol. The first-order valence-electron chi connectivity index (χ1n) is 14.3. The number of fused-ring (bicyclic) bond motifs is 1. The fourth-order valence-electron chi connectivity index (χ4n) is 6.57. The Morgan fingerprint density at radius 2 is 1.95 bits per heavy atom. The Bertz CT molecular complexity index is 1480. The summed E-state index contributed by atoms with van der Waals surface area (Å²) in [5, 5.41) is 15.3. The minimum Gasteiger partial charge on any atom is -0.481 e. The summed E-state index contributed by atoms with van der Waals surface area (Å²) in [5.74, 6) is -1.70. The number of hydrogen-bond acceptors (Lipinski definition) is 9. The van der Waals surface area contributed by atoms with Crippen LogP contribution in [0.4, 0.5) is 9.18 Å². The number of methoxy groups -OCH3 is 1. The number of aliphatic carboxylic acids is 1. The van der Waals surface area contributed by atoms with Gasteiger partial charge in [0.05, 0.1) is 24.6 Å². The van der Waals surface area contributed by atoms with E-state index in [1.807, 2.05) is 15.2 Å². The number of carboxylic acids is 1. The summed E-state index contributed by atoms with van der Waals surface area (Å²) in [4.78, 5) is 53.2. The van der Waals surface area contributed by atoms with Crippen LogP contribution in [0.15, 0.2) is 46.0 Å². The molecule has 0 spiro atoms. The molecule has 228 valence electrons. The number of aliphatic imine (C=N–C) groups is 1. The molecule has 2 amide bonds. The number of carbonyl (C=O) groups excluding carboxylic acids is 2. The molecule has 3 aliphatic heterocycles. The zero-order chi connectivity index (χ0) is 30.2. The molecule has 2 N–H and O–H groups in total. The van der Waals surface area contributed by atoms with Gasteiger partial charge in [0.25, 0.3) is 0 Å². The number of hydrogen-bond donors (Lipinski definition) is 2. The smallest absolute Gasteiger partial charge is 0.338 e. The van der Waals surface area contributed by atoms with Gasteiger partial charge in [-0.2, -0.15) is 0 Å². The first kappa shape index (κ1) is 29.5. The summed E-state index contributed by atoms with van der Waals surface area (Å²) in [6, 6.07) is 3.19. The molecule has 2 saturated heterocycles. The summed E-state index contributed by atoms with van der Waals surface area (Å²) >= 11 is 7.86. The van der Waals surface area contributed by atoms with E-state index in [1.165, 1.54) is 36.6 Å². The van der Waals surface area contributed by atoms with Gasteiger partial charge in [-0.25, -0.2) is 19.0 Å². The van der Waals surface area contributed by atoms with Crippen molar-refractivity contribution in [2.75, 3.05) is 39.8 Å². The highest BCUT2D eigenvalue weighted by Gasteiger charge is 2.45. The third kappa shape index (κ3) is 5.85. The molecule has 14 heteroatoms. The Kier molecular flexibility index (Phi) is 8.38. The van der Waals surface area contributed by atoms with Gasteiger partial charge in [0.1, 0.15) is 11.9 Å². The van der Waals surface area contributed by atoms with Crippen LogP contribution in [0.25, 0.3) is 0 Å². The molecule has 2 atom stereocenters. The van der Waals surface area contributed by atoms with Gasteiger partial charge >= 0.3 is 18.0 Å². The largest absolute Gasteiger partial charge is 0.481 e. The van der Waals surface area contributed by atoms with E-state index in [0.29, 0.717) is 80.5 Å². The maximum Gasteiger partial charge on any atom is 0.338 e. The van der Waals surface area contributed by atoms with Gasteiger partial charge in [0.15, 0.2) is 10.8 Å². The third-order valence-corrected chi connectivity index (χ3v) is 9.86. The number of rotatable bonds is 7. The molecule has 1 aromatic carbocycles. The number of amidine groups is 1. The van der Waals surface area contributed by atoms with Crippen molar-refractivity contribution in [3.05, 3.63) is 62.5 Å². The highest BCUT2D eigenvalue weighted by atomic mass is 35.5. The molecule has 11 nitrogen and oxygen atoms in total. The number of halogens is 2. The van der Waals surface area contributed by atoms with Crippen molar-refractivity contribution >= 4 is 46.7 Å². The number of ether oxygens (including phenoxy) is 1. The summed E-state index contributed by atoms with van der Waals surface area (Å²) in [6.07, 6.45) is 4.22. The molecule has 3 fully saturated rings. The van der Waals surface area contributed by atoms with Crippen LogP contribution >= 0.6 is 22.9 Å². The van der Waals surface area contributed by atoms with Gasteiger partial charge in [0, 0.05) is 66.6 Å². The highest BCUT2D eigenvalue weighted by molar-refractivity contribution is 7.11. The molecular weight excluding hydrogens is 599 g/mol. The van der Waals surface area contributed by atoms with Crippen LogP contribution in [0.3, 0.4) is 0 Å². The van der Waals surface area contributed by atoms with Crippen molar-refractivity contribution in [1.29, 1.82) is 0 Å². The average Bonchev–Trinajstić information content (AvgIpc) is 3.65. The predicted octanol–water partition coefficient (Wildman–Crippen LogP) is 3.52. The van der Waals surface area contributed by atoms with Crippen molar-refractivity contribution in [2.24, 2.45) is 10.9 Å². The Morgan fingerprint density at radius 1 is 1.16 bits per heavy atom. The fourth-order valence-corrected chi connectivity index (χ4v) is 7.43. The second kappa shape index (κ2) is 12.2. The van der Waals surface area contributed by atoms with Crippen molar-refractivity contribution < 1.29 is 28.6 Å². The van der Waals surface area contributed by atoms with Crippen molar-refractivity contribution in [2.45, 2.75) is 43.8 Å². The number of urea groups is 1. The monoisotopic (exact) mass is 630 g/mol. The minimum atomic E-state index is -0.846. The Labute approximate surface area is 257 Å². The maximum absolute atomic E-state index is 13.9. The van der Waals surface area contributed by atoms with Crippen molar-refractivity contribution in [1.82, 2.24) is 25.0 Å². The quantitative estimate of drug-likeness (QED) is 0.445. The first-order chi connectivity index (χ1) is 20.7. The van der Waals surface area contributed by atoms with Crippen molar-refractivity contribution in [3.63, 3.8) is 0 Å². The molecule has 4 heterocycles. The van der Waals surface area contributed by atoms with Gasteiger partial charge in [-0.15, -0.1) is 11.3 Å². The molecule has 6 rings (SSSR count). The summed E-state index contributed by atoms with van der Waals surface area (Å²) in [5.41, 5.74) is 1.33. The topological polar surface area (TPSA) is 128 Å². The van der Waals surface area contributed by atoms with Gasteiger partial charge < -0.3 is 25.0 Å². The molecule has 2 aromatic rings. The number of carboxylic acid groups (broad SMARTS) is 1. The number of benzene rings is 1. The number of nitrogens with one attached hydrogen (secondary N) is 1. The second-order valence-electron chi connectivity index (χ2n) is 11.3. The highest BCUT2D eigenvalue weighted by Crippen LogP contribution is 2.37. The molecule has 0 radical (unpaired) electrons. The normalized spacial score (nSPS) is 26.2. The Morgan fingerprint density at radius 3 is 2.63 bits per heavy atom. The number of piperazine rings is 1. The first-order valence-corrected chi connectivity index (χ1v) is 15.5. The standard InChI is InChI=1S/C29H32ClFN6O5S/c1-42-28(40)23-22(33-25(26-32-8-11-43-26)34-24(23)20-7-4-17(31)12-21(20)30)15-35-9-10-36-19(13-35)14-37(29(36)41)18-5-2-16(3-6-18)27(38)39/h4,7-8,11-12,16,18-19,24H,2-3,5-6,9-10,13-15H2,1H3,(H,33,34)(H,38,39)/t16?,18?,19-,24-/m0/s1. The lowest BCUT2D eigenvalue weighted by Gasteiger charge is -2.38. The Balaban J connectivity index is 1.24. The number of aromatic nitrogens is 1. The van der Waals surface area contributed by atoms with Gasteiger partial charge in [-0.1, -0.05) is 17.7 Å². The third-order valence-electron chi connectivity index (χ3n) is 8.76. The number of carbonyl (C=O) groups is 3. The van der Waals surface area contributed by atoms with Crippen LogP contribution < -0.4 is 5.32 Å². The van der Waals surface area contributed by atoms with E-state index >= 15 is 0 Å². The molecule has 1 aliphatic carbocycles. The van der Waals surface area contributed by atoms with Crippen LogP contribution in [-0.2, 0) is 14.3 Å². The van der Waals surface area contributed by atoms with Gasteiger partial charge in [-0.05, 0) is 37.8 Å². The van der Waals surface area contributed by atoms with E-state index in [2.05, 4.69) is 15.2 Å². The SMILES string of the molecule is COC(=O)C1=C(CN2CCN3C(=O)N(C4CCC(C(=O)O)CC4)C[C@@H]3C2)NC(c2nccs2)=N[C@H]1c1ccc(F)cc1Cl. The summed E-state index contributed by atoms with van der Waals surface area (Å²) in [7, 11) is 1.30. The molecule has 1 saturated carbocycles. The number of thiazole rings is 1. The molecule has 0 bridgehead atoms. The molecule has 43 heavy (non-hydrogen) atoms. The second-order valence-corrected chi connectivity index (χ2v) is 12.6. The van der Waals surface area contributed by atoms with Crippen LogP contribution in [-0.4, -0.2) is 101 Å². The Hall–Kier alpha value is -3.55. The summed E-state index contributed by atoms with van der Waals surface area (Å²) < 4.78 is 19.1. The van der Waals surface area contributed by atoms with Crippen LogP contribution in [0.5, 0.6) is 0 Å². The average molecular weight is 631 g/mol. The van der Waals surface area contributed by atoms with E-state index in [9.17, 15) is 23.9 Å². The number of esters is 1. The lowest BCUT2D eigenvalue weighted by molar-refractivity contribution is -0.143. The fraction of sp³-hybridized carbons (Fsp3) is 0.483. The van der Waals surface area contributed by atoms with Crippen LogP contribution in [0.2, 0.25) is 5.02 Å². The molecule has 4 aliphatic rings. The number of amides is 2. The lowest BCUT2D eigenvalue weighted by Crippen LogP contribution is -2.53. The van der Waals surface area contributed by atoms with E-state index < -0.39 is 23.8 Å². The summed E-state index contributed by atoms with van der Waals surface area (Å²) in [6.45, 7) is 2.65. The van der Waals surface area contributed by atoms with Crippen LogP contribution in [0.1, 0.15) is 42.3 Å². The molecule has 1 aromatic heterocycles. The van der Waals surface area contributed by atoms with E-state index in [-0.39, 0.29) is 34.6 Å². The van der Waals surface area contributed by atoms with Gasteiger partial charge in [-0.3, -0.25) is 14.7 Å². The van der Waals surface area contributed by atoms with Crippen molar-refractivity contribution in [3.8, 4) is 0 Å². The van der Waals surface area contributed by atoms with Crippen LogP contribution in [0, 0.1) is 11.7 Å². The van der Waals surface area contributed by atoms with E-state index in [1.54, 1.807) is 6.20 Å². The lowest BCUT2D eigenvalue weighted by atomic mass is 9.85. The minimum absolute atomic E-state index is 0.0119. The number of nitrogens with zero attached hydrogens (tertiary/aromatic N) is 5. The van der Waals surface area contributed by atoms with Gasteiger partial charge in [0.2, 0.25) is 0 Å². The zero-order valence-corrected chi connectivity index (χ0v) is 25.1. The maximum atomic E-state index is 13.9.